The first-order valence-electron chi connectivity index (χ1n) is 8.25. The third-order valence-corrected chi connectivity index (χ3v) is 3.50. The molecule has 0 aliphatic carbocycles. The first-order valence-corrected chi connectivity index (χ1v) is 7.25. The van der Waals surface area contributed by atoms with Gasteiger partial charge in [-0.1, -0.05) is 74.4 Å². The maximum absolute atomic E-state index is 8.72. The van der Waals surface area contributed by atoms with Gasteiger partial charge in [-0.3, -0.25) is 0 Å². The van der Waals surface area contributed by atoms with Crippen LogP contribution in [-0.2, 0) is 16.2 Å². The van der Waals surface area contributed by atoms with Gasteiger partial charge in [0.25, 0.3) is 0 Å². The second-order valence-electron chi connectivity index (χ2n) is 8.75. The van der Waals surface area contributed by atoms with Gasteiger partial charge in [-0.15, -0.1) is 0 Å². The minimum Gasteiger partial charge on any atom is -0.0561 e. The highest BCUT2D eigenvalue weighted by atomic mass is 14.3. The minimum atomic E-state index is -0.193. The fourth-order valence-corrected chi connectivity index (χ4v) is 2.47. The Bertz CT molecular complexity index is 445. The Morgan fingerprint density at radius 2 is 1.00 bits per heavy atom. The second-order valence-corrected chi connectivity index (χ2v) is 8.75. The Labute approximate surface area is 123 Å². The summed E-state index contributed by atoms with van der Waals surface area (Å²) in [7, 11) is 0. The predicted octanol–water partition coefficient (Wildman–Crippen LogP) is 5.89. The molecule has 0 aliphatic rings. The van der Waals surface area contributed by atoms with Crippen LogP contribution in [-0.4, -0.2) is 0 Å². The van der Waals surface area contributed by atoms with Crippen LogP contribution in [0.2, 0.25) is 0 Å². The lowest BCUT2D eigenvalue weighted by Gasteiger charge is -2.32. The number of hydrogen-bond donors (Lipinski definition) is 0. The largest absolute Gasteiger partial charge is 0.0629 e. The molecule has 0 N–H and O–H groups in total. The lowest BCUT2D eigenvalue weighted by molar-refractivity contribution is 0.542. The Morgan fingerprint density at radius 1 is 0.684 bits per heavy atom. The average molecular weight is 262 g/mol. The lowest BCUT2D eigenvalue weighted by Crippen LogP contribution is -2.23. The zero-order valence-electron chi connectivity index (χ0n) is 16.5. The molecule has 0 amide bonds. The highest BCUT2D eigenvalue weighted by Crippen LogP contribution is 2.37. The van der Waals surface area contributed by atoms with Crippen LogP contribution in [0.5, 0.6) is 0 Å². The summed E-state index contributed by atoms with van der Waals surface area (Å²) in [6, 6.07) is 1.12. The van der Waals surface area contributed by atoms with Gasteiger partial charge in [0.1, 0.15) is 0 Å². The monoisotopic (exact) mass is 262 g/mol. The molecule has 0 atom stereocenters. The third-order valence-electron chi connectivity index (χ3n) is 3.50. The molecule has 1 rings (SSSR count). The van der Waals surface area contributed by atoms with Crippen molar-refractivity contribution >= 4 is 0 Å². The molecule has 19 heavy (non-hydrogen) atoms. The standard InChI is InChI=1S/C19H32/c1-13-15(18(5,6)7)11-14(17(2,3)4)12-16(13)19(8,9)10/h11-12H,1-10H3/i11D,12D. The van der Waals surface area contributed by atoms with E-state index >= 15 is 0 Å². The molecule has 0 spiro atoms. The Morgan fingerprint density at radius 3 is 1.21 bits per heavy atom. The van der Waals surface area contributed by atoms with Gasteiger partial charge in [-0.25, -0.2) is 0 Å². The van der Waals surface area contributed by atoms with Gasteiger partial charge in [0, 0.05) is 0 Å². The number of hydrogen-bond acceptors (Lipinski definition) is 0. The van der Waals surface area contributed by atoms with Gasteiger partial charge in [0.2, 0.25) is 0 Å². The van der Waals surface area contributed by atoms with Crippen molar-refractivity contribution in [1.82, 2.24) is 0 Å². The topological polar surface area (TPSA) is 0 Å². The van der Waals surface area contributed by atoms with Gasteiger partial charge in [-0.2, -0.15) is 0 Å². The Hall–Kier alpha value is -0.780. The van der Waals surface area contributed by atoms with Crippen molar-refractivity contribution in [3.63, 3.8) is 0 Å². The highest BCUT2D eigenvalue weighted by Gasteiger charge is 2.26. The van der Waals surface area contributed by atoms with Crippen LogP contribution in [0, 0.1) is 6.92 Å². The van der Waals surface area contributed by atoms with Gasteiger partial charge >= 0.3 is 0 Å². The molecule has 0 bridgehead atoms. The van der Waals surface area contributed by atoms with Gasteiger partial charge in [0.05, 0.1) is 2.74 Å². The van der Waals surface area contributed by atoms with Crippen LogP contribution in [0.15, 0.2) is 12.1 Å². The zero-order chi connectivity index (χ0) is 17.0. The lowest BCUT2D eigenvalue weighted by atomic mass is 9.73. The Kier molecular flexibility index (Phi) is 3.23. The fourth-order valence-electron chi connectivity index (χ4n) is 2.47. The van der Waals surface area contributed by atoms with Gasteiger partial charge < -0.3 is 0 Å². The van der Waals surface area contributed by atoms with E-state index in [9.17, 15) is 0 Å². The summed E-state index contributed by atoms with van der Waals surface area (Å²) < 4.78 is 17.4. The first kappa shape index (κ1) is 13.2. The van der Waals surface area contributed by atoms with E-state index in [4.69, 9.17) is 2.74 Å². The van der Waals surface area contributed by atoms with E-state index < -0.39 is 0 Å². The van der Waals surface area contributed by atoms with Crippen LogP contribution in [0.25, 0.3) is 0 Å². The van der Waals surface area contributed by atoms with Crippen molar-refractivity contribution in [2.45, 2.75) is 85.5 Å². The molecule has 1 aromatic rings. The summed E-state index contributed by atoms with van der Waals surface area (Å²) in [4.78, 5) is 0. The van der Waals surface area contributed by atoms with Crippen molar-refractivity contribution in [1.29, 1.82) is 0 Å². The van der Waals surface area contributed by atoms with Gasteiger partial charge in [0.15, 0.2) is 0 Å². The van der Waals surface area contributed by atoms with Crippen molar-refractivity contribution < 1.29 is 2.74 Å². The molecule has 0 saturated heterocycles. The molecule has 0 aromatic heterocycles. The van der Waals surface area contributed by atoms with Crippen molar-refractivity contribution in [2.24, 2.45) is 0 Å². The summed E-state index contributed by atoms with van der Waals surface area (Å²) in [5, 5.41) is 0. The SMILES string of the molecule is [2H]c1c(C(C)(C)C)c([2H])c(C(C)(C)C)c(C)c1C(C)(C)C. The molecule has 0 fully saturated rings. The molecule has 0 unspecified atom stereocenters. The summed E-state index contributed by atoms with van der Waals surface area (Å²) in [5.41, 5.74) is 3.81. The van der Waals surface area contributed by atoms with Crippen molar-refractivity contribution in [3.05, 3.63) is 34.3 Å². The molecular weight excluding hydrogens is 228 g/mol. The molecule has 1 aromatic carbocycles. The molecular formula is C19H32. The first-order chi connectivity index (χ1) is 9.10. The van der Waals surface area contributed by atoms with Gasteiger partial charge in [-0.05, 0) is 45.4 Å². The van der Waals surface area contributed by atoms with E-state index in [-0.39, 0.29) is 16.2 Å². The smallest absolute Gasteiger partial charge is 0.0561 e. The normalized spacial score (nSPS) is 15.3. The number of rotatable bonds is 0. The minimum absolute atomic E-state index is 0.0884. The van der Waals surface area contributed by atoms with Crippen LogP contribution in [0.3, 0.4) is 0 Å². The highest BCUT2D eigenvalue weighted by molar-refractivity contribution is 5.46. The summed E-state index contributed by atoms with van der Waals surface area (Å²) in [6.07, 6.45) is 0. The van der Waals surface area contributed by atoms with Crippen LogP contribution >= 0.6 is 0 Å². The third kappa shape index (κ3) is 3.61. The quantitative estimate of drug-likeness (QED) is 0.547. The molecule has 0 heteroatoms. The van der Waals surface area contributed by atoms with E-state index in [0.717, 1.165) is 22.3 Å². The van der Waals surface area contributed by atoms with Crippen LogP contribution < -0.4 is 0 Å². The fraction of sp³-hybridized carbons (Fsp3) is 0.684. The van der Waals surface area contributed by atoms with Crippen LogP contribution in [0.4, 0.5) is 0 Å². The molecule has 108 valence electrons. The molecule has 0 saturated carbocycles. The van der Waals surface area contributed by atoms with E-state index in [1.54, 1.807) is 0 Å². The van der Waals surface area contributed by atoms with E-state index in [0.29, 0.717) is 12.1 Å². The predicted molar refractivity (Wildman–Crippen MR) is 87.3 cm³/mol. The summed E-state index contributed by atoms with van der Waals surface area (Å²) >= 11 is 0. The molecule has 0 nitrogen and oxygen atoms in total. The van der Waals surface area contributed by atoms with E-state index in [2.05, 4.69) is 69.2 Å². The maximum Gasteiger partial charge on any atom is 0.0629 e. The molecule has 0 aliphatic heterocycles. The van der Waals surface area contributed by atoms with Crippen molar-refractivity contribution in [2.75, 3.05) is 0 Å². The molecule has 0 radical (unpaired) electrons. The maximum atomic E-state index is 8.72. The number of benzene rings is 1. The van der Waals surface area contributed by atoms with Crippen molar-refractivity contribution in [3.8, 4) is 0 Å². The summed E-state index contributed by atoms with van der Waals surface area (Å²) in [6.45, 7) is 21.4. The summed E-state index contributed by atoms with van der Waals surface area (Å²) in [5.74, 6) is 0. The average Bonchev–Trinajstić information content (AvgIpc) is 2.07. The van der Waals surface area contributed by atoms with E-state index in [1.165, 1.54) is 0 Å². The second kappa shape index (κ2) is 4.65. The Balaban J connectivity index is 4.04. The van der Waals surface area contributed by atoms with E-state index in [1.807, 2.05) is 0 Å². The van der Waals surface area contributed by atoms with Crippen LogP contribution in [0.1, 0.15) is 87.3 Å². The zero-order valence-corrected chi connectivity index (χ0v) is 14.5. The molecule has 0 heterocycles.